The van der Waals surface area contributed by atoms with Crippen LogP contribution in [0.2, 0.25) is 0 Å². The van der Waals surface area contributed by atoms with Crippen LogP contribution in [0.1, 0.15) is 24.2 Å². The molecule has 0 bridgehead atoms. The van der Waals surface area contributed by atoms with Crippen LogP contribution in [-0.4, -0.2) is 11.9 Å². The second-order valence-corrected chi connectivity index (χ2v) is 6.39. The van der Waals surface area contributed by atoms with Crippen molar-refractivity contribution in [1.29, 1.82) is 0 Å². The molecule has 1 N–H and O–H groups in total. The van der Waals surface area contributed by atoms with E-state index in [1.54, 1.807) is 11.3 Å². The van der Waals surface area contributed by atoms with Gasteiger partial charge in [0.25, 0.3) is 5.91 Å². The molecule has 1 amide bonds. The molecule has 2 nitrogen and oxygen atoms in total. The minimum atomic E-state index is -0.0126. The van der Waals surface area contributed by atoms with E-state index in [0.29, 0.717) is 0 Å². The quantitative estimate of drug-likeness (QED) is 0.897. The second kappa shape index (κ2) is 4.55. The highest BCUT2D eigenvalue weighted by Crippen LogP contribution is 2.30. The summed E-state index contributed by atoms with van der Waals surface area (Å²) in [5.74, 6) is -0.0126. The van der Waals surface area contributed by atoms with Crippen LogP contribution in [0.3, 0.4) is 0 Å². The van der Waals surface area contributed by atoms with Crippen molar-refractivity contribution in [2.24, 2.45) is 0 Å². The number of hydrogen-bond donors (Lipinski definition) is 1. The largest absolute Gasteiger partial charge is 0.350 e. The molecule has 0 spiro atoms. The van der Waals surface area contributed by atoms with Crippen molar-refractivity contribution in [3.05, 3.63) is 33.6 Å². The number of amides is 1. The lowest BCUT2D eigenvalue weighted by atomic mass is 10.1. The van der Waals surface area contributed by atoms with E-state index >= 15 is 0 Å². The van der Waals surface area contributed by atoms with Gasteiger partial charge in [-0.05, 0) is 53.4 Å². The van der Waals surface area contributed by atoms with Crippen molar-refractivity contribution in [3.63, 3.8) is 0 Å². The Morgan fingerprint density at radius 3 is 2.81 bits per heavy atom. The number of halogens is 1. The predicted octanol–water partition coefficient (Wildman–Crippen LogP) is 3.80. The molecule has 16 heavy (non-hydrogen) atoms. The zero-order valence-electron chi connectivity index (χ0n) is 9.08. The van der Waals surface area contributed by atoms with Crippen LogP contribution in [0.25, 0.3) is 10.1 Å². The molecule has 0 fully saturated rings. The fourth-order valence-corrected chi connectivity index (χ4v) is 3.08. The molecule has 0 radical (unpaired) electrons. The Kier molecular flexibility index (Phi) is 3.30. The third kappa shape index (κ3) is 2.44. The summed E-state index contributed by atoms with van der Waals surface area (Å²) in [5, 5.41) is 4.05. The molecule has 0 aliphatic rings. The average Bonchev–Trinajstić information content (AvgIpc) is 2.55. The summed E-state index contributed by atoms with van der Waals surface area (Å²) in [5.41, 5.74) is 0.718. The van der Waals surface area contributed by atoms with E-state index in [1.165, 1.54) is 0 Å². The summed E-state index contributed by atoms with van der Waals surface area (Å²) in [6.45, 7) is 3.91. The van der Waals surface area contributed by atoms with Crippen molar-refractivity contribution >= 4 is 43.3 Å². The van der Waals surface area contributed by atoms with Gasteiger partial charge in [0.1, 0.15) is 0 Å². The lowest BCUT2D eigenvalue weighted by Crippen LogP contribution is -2.29. The van der Waals surface area contributed by atoms with Crippen LogP contribution < -0.4 is 5.32 Å². The number of carbonyl (C=O) groups is 1. The van der Waals surface area contributed by atoms with Gasteiger partial charge in [0.2, 0.25) is 0 Å². The summed E-state index contributed by atoms with van der Waals surface area (Å²) in [4.78, 5) is 11.8. The lowest BCUT2D eigenvalue weighted by Gasteiger charge is -2.07. The van der Waals surface area contributed by atoms with Gasteiger partial charge in [-0.1, -0.05) is 6.07 Å². The molecule has 84 valence electrons. The number of hydrogen-bond acceptors (Lipinski definition) is 2. The molecule has 1 aromatic heterocycles. The maximum atomic E-state index is 11.8. The fraction of sp³-hybridized carbons (Fsp3) is 0.250. The summed E-state index contributed by atoms with van der Waals surface area (Å²) in [6.07, 6.45) is 0. The van der Waals surface area contributed by atoms with Gasteiger partial charge < -0.3 is 5.32 Å². The van der Waals surface area contributed by atoms with Crippen LogP contribution in [0.15, 0.2) is 28.1 Å². The summed E-state index contributed by atoms with van der Waals surface area (Å²) in [7, 11) is 0. The Morgan fingerprint density at radius 1 is 1.38 bits per heavy atom. The van der Waals surface area contributed by atoms with Crippen LogP contribution in [-0.2, 0) is 0 Å². The van der Waals surface area contributed by atoms with E-state index in [9.17, 15) is 4.79 Å². The highest BCUT2D eigenvalue weighted by Gasteiger charge is 2.08. The minimum absolute atomic E-state index is 0.0126. The first-order valence-corrected chi connectivity index (χ1v) is 6.67. The zero-order chi connectivity index (χ0) is 11.7. The van der Waals surface area contributed by atoms with Gasteiger partial charge in [-0.3, -0.25) is 4.79 Å². The Morgan fingerprint density at radius 2 is 2.12 bits per heavy atom. The van der Waals surface area contributed by atoms with Gasteiger partial charge in [-0.2, -0.15) is 0 Å². The molecular formula is C12H12BrNOS. The topological polar surface area (TPSA) is 29.1 Å². The summed E-state index contributed by atoms with van der Waals surface area (Å²) >= 11 is 5.08. The van der Waals surface area contributed by atoms with Gasteiger partial charge in [0, 0.05) is 16.3 Å². The number of benzene rings is 1. The number of fused-ring (bicyclic) bond motifs is 1. The Bertz CT molecular complexity index is 533. The molecule has 0 saturated heterocycles. The second-order valence-electron chi connectivity index (χ2n) is 3.93. The first-order chi connectivity index (χ1) is 7.56. The molecule has 0 aliphatic carbocycles. The van der Waals surface area contributed by atoms with Gasteiger partial charge in [-0.15, -0.1) is 11.3 Å². The standard InChI is InChI=1S/C12H12BrNOS/c1-7(2)14-12(15)9-4-3-8-6-11(13)16-10(8)5-9/h3-7H,1-2H3,(H,14,15). The normalized spacial score (nSPS) is 11.0. The molecule has 2 rings (SSSR count). The van der Waals surface area contributed by atoms with Gasteiger partial charge in [-0.25, -0.2) is 0 Å². The summed E-state index contributed by atoms with van der Waals surface area (Å²) in [6, 6.07) is 8.00. The predicted molar refractivity (Wildman–Crippen MR) is 72.1 cm³/mol. The van der Waals surface area contributed by atoms with Crippen molar-refractivity contribution in [2.75, 3.05) is 0 Å². The van der Waals surface area contributed by atoms with E-state index in [1.807, 2.05) is 32.0 Å². The number of rotatable bonds is 2. The fourth-order valence-electron chi connectivity index (χ4n) is 1.49. The monoisotopic (exact) mass is 297 g/mol. The molecule has 1 aromatic carbocycles. The smallest absolute Gasteiger partial charge is 0.251 e. The van der Waals surface area contributed by atoms with Crippen LogP contribution in [0.4, 0.5) is 0 Å². The third-order valence-electron chi connectivity index (χ3n) is 2.17. The maximum Gasteiger partial charge on any atom is 0.251 e. The molecule has 4 heteroatoms. The van der Waals surface area contributed by atoms with Gasteiger partial charge >= 0.3 is 0 Å². The van der Waals surface area contributed by atoms with Crippen molar-refractivity contribution in [3.8, 4) is 0 Å². The third-order valence-corrected chi connectivity index (χ3v) is 3.77. The average molecular weight is 298 g/mol. The maximum absolute atomic E-state index is 11.8. The van der Waals surface area contributed by atoms with E-state index < -0.39 is 0 Å². The van der Waals surface area contributed by atoms with E-state index in [4.69, 9.17) is 0 Å². The van der Waals surface area contributed by atoms with Gasteiger partial charge in [0.15, 0.2) is 0 Å². The molecule has 2 aromatic rings. The lowest BCUT2D eigenvalue weighted by molar-refractivity contribution is 0.0943. The van der Waals surface area contributed by atoms with Crippen molar-refractivity contribution in [2.45, 2.75) is 19.9 Å². The van der Waals surface area contributed by atoms with Crippen LogP contribution in [0, 0.1) is 0 Å². The SMILES string of the molecule is CC(C)NC(=O)c1ccc2cc(Br)sc2c1. The van der Waals surface area contributed by atoms with E-state index in [0.717, 1.165) is 19.4 Å². The molecule has 0 aliphatic heterocycles. The molecular weight excluding hydrogens is 286 g/mol. The highest BCUT2D eigenvalue weighted by atomic mass is 79.9. The summed E-state index contributed by atoms with van der Waals surface area (Å²) < 4.78 is 2.21. The van der Waals surface area contributed by atoms with Gasteiger partial charge in [0.05, 0.1) is 3.79 Å². The van der Waals surface area contributed by atoms with Crippen LogP contribution >= 0.6 is 27.3 Å². The first kappa shape index (κ1) is 11.6. The Balaban J connectivity index is 2.35. The minimum Gasteiger partial charge on any atom is -0.350 e. The van der Waals surface area contributed by atoms with Crippen molar-refractivity contribution in [1.82, 2.24) is 5.32 Å². The zero-order valence-corrected chi connectivity index (χ0v) is 11.5. The molecule has 0 saturated carbocycles. The number of thiophene rings is 1. The van der Waals surface area contributed by atoms with E-state index in [-0.39, 0.29) is 11.9 Å². The molecule has 0 unspecified atom stereocenters. The number of nitrogens with one attached hydrogen (secondary N) is 1. The molecule has 1 heterocycles. The first-order valence-electron chi connectivity index (χ1n) is 5.06. The Labute approximate surface area is 107 Å². The van der Waals surface area contributed by atoms with Crippen molar-refractivity contribution < 1.29 is 4.79 Å². The number of carbonyl (C=O) groups excluding carboxylic acids is 1. The Hall–Kier alpha value is -0.870. The van der Waals surface area contributed by atoms with Crippen LogP contribution in [0.5, 0.6) is 0 Å². The highest BCUT2D eigenvalue weighted by molar-refractivity contribution is 9.11. The van der Waals surface area contributed by atoms with E-state index in [2.05, 4.69) is 27.3 Å². The molecule has 0 atom stereocenters.